The number of piperidine rings is 1. The van der Waals surface area contributed by atoms with Crippen molar-refractivity contribution in [1.29, 1.82) is 0 Å². The van der Waals surface area contributed by atoms with Gasteiger partial charge in [0.2, 0.25) is 0 Å². The summed E-state index contributed by atoms with van der Waals surface area (Å²) in [6, 6.07) is 16.5. The third-order valence-corrected chi connectivity index (χ3v) is 6.27. The van der Waals surface area contributed by atoms with E-state index < -0.39 is 0 Å². The molecule has 6 heteroatoms. The predicted molar refractivity (Wildman–Crippen MR) is 123 cm³/mol. The van der Waals surface area contributed by atoms with Gasteiger partial charge in [-0.15, -0.1) is 0 Å². The standard InChI is InChI=1S/C26H25FN4O/c27-23-6-2-1-5-21(23)17-31-13-3-4-18(16-31)14-25(32)20-7-8-24-22(15-20)26(30-29-24)19-9-11-28-12-10-19/h1-2,5-12,15,18H,3-4,13-14,16-17H2,(H,29,30)/t18-/m0/s1. The number of benzene rings is 2. The van der Waals surface area contributed by atoms with Crippen LogP contribution in [-0.4, -0.2) is 39.0 Å². The lowest BCUT2D eigenvalue weighted by Gasteiger charge is -2.32. The van der Waals surface area contributed by atoms with Crippen LogP contribution in [-0.2, 0) is 6.54 Å². The molecular weight excluding hydrogens is 403 g/mol. The molecule has 1 aliphatic heterocycles. The minimum absolute atomic E-state index is 0.145. The number of pyridine rings is 1. The number of carbonyl (C=O) groups excluding carboxylic acids is 1. The summed E-state index contributed by atoms with van der Waals surface area (Å²) >= 11 is 0. The SMILES string of the molecule is O=C(C[C@@H]1CCCN(Cc2ccccc2F)C1)c1ccc2[nH]nc(-c3ccncc3)c2c1. The Morgan fingerprint density at radius 3 is 2.81 bits per heavy atom. The minimum atomic E-state index is -0.163. The Balaban J connectivity index is 1.30. The van der Waals surface area contributed by atoms with Gasteiger partial charge in [-0.25, -0.2) is 4.39 Å². The van der Waals surface area contributed by atoms with E-state index in [0.29, 0.717) is 24.1 Å². The number of likely N-dealkylation sites (tertiary alicyclic amines) is 1. The number of carbonyl (C=O) groups is 1. The maximum absolute atomic E-state index is 14.0. The first-order valence-corrected chi connectivity index (χ1v) is 11.0. The van der Waals surface area contributed by atoms with E-state index >= 15 is 0 Å². The summed E-state index contributed by atoms with van der Waals surface area (Å²) in [4.78, 5) is 19.5. The smallest absolute Gasteiger partial charge is 0.163 e. The summed E-state index contributed by atoms with van der Waals surface area (Å²) in [6.07, 6.45) is 6.03. The molecule has 1 atom stereocenters. The molecule has 3 heterocycles. The number of nitrogens with zero attached hydrogens (tertiary/aromatic N) is 3. The summed E-state index contributed by atoms with van der Waals surface area (Å²) in [7, 11) is 0. The van der Waals surface area contributed by atoms with Crippen LogP contribution < -0.4 is 0 Å². The number of nitrogens with one attached hydrogen (secondary N) is 1. The summed E-state index contributed by atoms with van der Waals surface area (Å²) < 4.78 is 14.0. The van der Waals surface area contributed by atoms with Crippen LogP contribution in [0.25, 0.3) is 22.2 Å². The zero-order valence-electron chi connectivity index (χ0n) is 17.8. The van der Waals surface area contributed by atoms with Crippen LogP contribution in [0.3, 0.4) is 0 Å². The quantitative estimate of drug-likeness (QED) is 0.426. The zero-order chi connectivity index (χ0) is 21.9. The molecule has 1 aliphatic rings. The largest absolute Gasteiger partial charge is 0.299 e. The first-order valence-electron chi connectivity index (χ1n) is 11.0. The number of rotatable bonds is 6. The van der Waals surface area contributed by atoms with E-state index in [2.05, 4.69) is 20.1 Å². The van der Waals surface area contributed by atoms with Crippen molar-refractivity contribution in [3.63, 3.8) is 0 Å². The Kier molecular flexibility index (Phi) is 5.77. The zero-order valence-corrected chi connectivity index (χ0v) is 17.8. The van der Waals surface area contributed by atoms with E-state index in [-0.39, 0.29) is 17.5 Å². The van der Waals surface area contributed by atoms with Crippen LogP contribution in [0.2, 0.25) is 0 Å². The average molecular weight is 429 g/mol. The number of ketones is 1. The molecule has 32 heavy (non-hydrogen) atoms. The molecule has 5 nitrogen and oxygen atoms in total. The van der Waals surface area contributed by atoms with Gasteiger partial charge in [0.25, 0.3) is 0 Å². The van der Waals surface area contributed by atoms with Gasteiger partial charge in [-0.2, -0.15) is 5.10 Å². The Morgan fingerprint density at radius 1 is 1.12 bits per heavy atom. The minimum Gasteiger partial charge on any atom is -0.299 e. The summed E-state index contributed by atoms with van der Waals surface area (Å²) in [5.41, 5.74) is 4.12. The molecule has 0 radical (unpaired) electrons. The van der Waals surface area contributed by atoms with Crippen molar-refractivity contribution in [1.82, 2.24) is 20.1 Å². The van der Waals surface area contributed by atoms with Crippen LogP contribution >= 0.6 is 0 Å². The second-order valence-electron chi connectivity index (χ2n) is 8.53. The van der Waals surface area contributed by atoms with Gasteiger partial charge in [0, 0.05) is 54.0 Å². The molecule has 0 amide bonds. The van der Waals surface area contributed by atoms with Crippen molar-refractivity contribution in [2.75, 3.05) is 13.1 Å². The average Bonchev–Trinajstić information content (AvgIpc) is 3.25. The maximum atomic E-state index is 14.0. The number of fused-ring (bicyclic) bond motifs is 1. The Morgan fingerprint density at radius 2 is 1.97 bits per heavy atom. The molecule has 1 saturated heterocycles. The Bertz CT molecular complexity index is 1240. The van der Waals surface area contributed by atoms with E-state index in [1.807, 2.05) is 42.5 Å². The number of hydrogen-bond donors (Lipinski definition) is 1. The van der Waals surface area contributed by atoms with Gasteiger partial charge in [-0.05, 0) is 61.7 Å². The molecule has 0 spiro atoms. The van der Waals surface area contributed by atoms with Gasteiger partial charge in [0.15, 0.2) is 5.78 Å². The van der Waals surface area contributed by atoms with Crippen LogP contribution in [0.1, 0.15) is 35.2 Å². The third-order valence-electron chi connectivity index (χ3n) is 6.27. The van der Waals surface area contributed by atoms with E-state index in [0.717, 1.165) is 48.1 Å². The lowest BCUT2D eigenvalue weighted by molar-refractivity contribution is 0.0912. The molecule has 2 aromatic heterocycles. The van der Waals surface area contributed by atoms with Crippen molar-refractivity contribution in [2.45, 2.75) is 25.8 Å². The van der Waals surface area contributed by atoms with Crippen LogP contribution in [0.4, 0.5) is 4.39 Å². The number of hydrogen-bond acceptors (Lipinski definition) is 4. The van der Waals surface area contributed by atoms with E-state index in [4.69, 9.17) is 0 Å². The van der Waals surface area contributed by atoms with Gasteiger partial charge < -0.3 is 0 Å². The van der Waals surface area contributed by atoms with Gasteiger partial charge in [-0.3, -0.25) is 19.8 Å². The van der Waals surface area contributed by atoms with E-state index in [1.54, 1.807) is 18.5 Å². The van der Waals surface area contributed by atoms with Crippen LogP contribution in [0, 0.1) is 11.7 Å². The number of aromatic amines is 1. The number of H-pyrrole nitrogens is 1. The first-order chi connectivity index (χ1) is 15.7. The number of aromatic nitrogens is 3. The topological polar surface area (TPSA) is 61.9 Å². The molecule has 0 bridgehead atoms. The van der Waals surface area contributed by atoms with Gasteiger partial charge in [-0.1, -0.05) is 18.2 Å². The Hall–Kier alpha value is -3.38. The predicted octanol–water partition coefficient (Wildman–Crippen LogP) is 5.25. The van der Waals surface area contributed by atoms with Crippen molar-refractivity contribution in [3.8, 4) is 11.3 Å². The lowest BCUT2D eigenvalue weighted by atomic mass is 9.90. The fourth-order valence-electron chi connectivity index (χ4n) is 4.63. The Labute approximate surface area is 186 Å². The highest BCUT2D eigenvalue weighted by Crippen LogP contribution is 2.28. The van der Waals surface area contributed by atoms with Crippen molar-refractivity contribution in [2.24, 2.45) is 5.92 Å². The highest BCUT2D eigenvalue weighted by Gasteiger charge is 2.24. The number of halogens is 1. The first kappa shape index (κ1) is 20.5. The maximum Gasteiger partial charge on any atom is 0.163 e. The lowest BCUT2D eigenvalue weighted by Crippen LogP contribution is -2.36. The van der Waals surface area contributed by atoms with Gasteiger partial charge in [0.05, 0.1) is 5.52 Å². The fraction of sp³-hybridized carbons (Fsp3) is 0.269. The van der Waals surface area contributed by atoms with Gasteiger partial charge >= 0.3 is 0 Å². The molecule has 1 N–H and O–H groups in total. The third kappa shape index (κ3) is 4.32. The normalized spacial score (nSPS) is 17.0. The molecule has 0 unspecified atom stereocenters. The van der Waals surface area contributed by atoms with Crippen LogP contribution in [0.15, 0.2) is 67.0 Å². The highest BCUT2D eigenvalue weighted by molar-refractivity contribution is 6.02. The molecule has 4 aromatic rings. The van der Waals surface area contributed by atoms with Crippen molar-refractivity contribution in [3.05, 3.63) is 83.9 Å². The second-order valence-corrected chi connectivity index (χ2v) is 8.53. The molecule has 2 aromatic carbocycles. The van der Waals surface area contributed by atoms with Crippen molar-refractivity contribution >= 4 is 16.7 Å². The van der Waals surface area contributed by atoms with E-state index in [9.17, 15) is 9.18 Å². The molecule has 0 aliphatic carbocycles. The monoisotopic (exact) mass is 428 g/mol. The van der Waals surface area contributed by atoms with Crippen molar-refractivity contribution < 1.29 is 9.18 Å². The highest BCUT2D eigenvalue weighted by atomic mass is 19.1. The molecular formula is C26H25FN4O. The molecule has 162 valence electrons. The summed E-state index contributed by atoms with van der Waals surface area (Å²) in [5.74, 6) is 0.262. The number of Topliss-reactive ketones (excluding diaryl/α,β-unsaturated/α-hetero) is 1. The van der Waals surface area contributed by atoms with Crippen LogP contribution in [0.5, 0.6) is 0 Å². The molecule has 5 rings (SSSR count). The summed E-state index contributed by atoms with van der Waals surface area (Å²) in [5, 5.41) is 8.42. The fourth-order valence-corrected chi connectivity index (χ4v) is 4.63. The van der Waals surface area contributed by atoms with Gasteiger partial charge in [0.1, 0.15) is 11.5 Å². The second kappa shape index (κ2) is 9.01. The van der Waals surface area contributed by atoms with E-state index in [1.165, 1.54) is 6.07 Å². The molecule has 1 fully saturated rings. The summed E-state index contributed by atoms with van der Waals surface area (Å²) in [6.45, 7) is 2.35. The molecule has 0 saturated carbocycles.